The van der Waals surface area contributed by atoms with Crippen molar-refractivity contribution >= 4 is 17.4 Å². The van der Waals surface area contributed by atoms with E-state index in [1.807, 2.05) is 61.2 Å². The Kier molecular flexibility index (Phi) is 6.06. The van der Waals surface area contributed by atoms with Crippen LogP contribution in [0.25, 0.3) is 0 Å². The molecule has 1 heterocycles. The molecule has 0 atom stereocenters. The average Bonchev–Trinajstić information content (AvgIpc) is 2.69. The van der Waals surface area contributed by atoms with Crippen LogP contribution in [0.15, 0.2) is 48.5 Å². The lowest BCUT2D eigenvalue weighted by atomic mass is 10.2. The van der Waals surface area contributed by atoms with Crippen LogP contribution in [0.5, 0.6) is 11.5 Å². The van der Waals surface area contributed by atoms with Gasteiger partial charge < -0.3 is 24.6 Å². The lowest BCUT2D eigenvalue weighted by Gasteiger charge is -2.36. The molecular weight excluding hydrogens is 342 g/mol. The first-order chi connectivity index (χ1) is 13.1. The molecule has 0 spiro atoms. The third-order valence-corrected chi connectivity index (χ3v) is 4.48. The van der Waals surface area contributed by atoms with Crippen LogP contribution in [0, 0.1) is 0 Å². The van der Waals surface area contributed by atoms with Crippen molar-refractivity contribution in [1.29, 1.82) is 0 Å². The zero-order chi connectivity index (χ0) is 19.2. The SMILES string of the molecule is COc1cccc(N2CCN(C(=O)Nc3ccccc3OC(C)C)CC2)c1. The molecule has 0 aromatic heterocycles. The number of hydrogen-bond donors (Lipinski definition) is 1. The van der Waals surface area contributed by atoms with Crippen LogP contribution in [0.2, 0.25) is 0 Å². The summed E-state index contributed by atoms with van der Waals surface area (Å²) in [6.07, 6.45) is 0.0504. The number of nitrogens with zero attached hydrogens (tertiary/aromatic N) is 2. The largest absolute Gasteiger partial charge is 0.497 e. The number of carbonyl (C=O) groups excluding carboxylic acids is 1. The van der Waals surface area contributed by atoms with Crippen molar-refractivity contribution in [2.24, 2.45) is 0 Å². The lowest BCUT2D eigenvalue weighted by molar-refractivity contribution is 0.207. The predicted octanol–water partition coefficient (Wildman–Crippen LogP) is 3.84. The van der Waals surface area contributed by atoms with Gasteiger partial charge in [-0.1, -0.05) is 18.2 Å². The van der Waals surface area contributed by atoms with Crippen LogP contribution < -0.4 is 19.7 Å². The minimum Gasteiger partial charge on any atom is -0.497 e. The first-order valence-corrected chi connectivity index (χ1v) is 9.27. The Hall–Kier alpha value is -2.89. The number of piperazine rings is 1. The predicted molar refractivity (Wildman–Crippen MR) is 108 cm³/mol. The molecule has 27 heavy (non-hydrogen) atoms. The number of benzene rings is 2. The van der Waals surface area contributed by atoms with Gasteiger partial charge in [0.05, 0.1) is 18.9 Å². The van der Waals surface area contributed by atoms with Crippen LogP contribution in [-0.4, -0.2) is 50.3 Å². The molecule has 1 fully saturated rings. The fraction of sp³-hybridized carbons (Fsp3) is 0.381. The van der Waals surface area contributed by atoms with Crippen LogP contribution in [0.1, 0.15) is 13.8 Å². The number of methoxy groups -OCH3 is 1. The minimum absolute atomic E-state index is 0.0504. The topological polar surface area (TPSA) is 54.0 Å². The van der Waals surface area contributed by atoms with Crippen LogP contribution >= 0.6 is 0 Å². The maximum Gasteiger partial charge on any atom is 0.322 e. The first-order valence-electron chi connectivity index (χ1n) is 9.27. The standard InChI is InChI=1S/C21H27N3O3/c1-16(2)27-20-10-5-4-9-19(20)22-21(25)24-13-11-23(12-14-24)17-7-6-8-18(15-17)26-3/h4-10,15-16H,11-14H2,1-3H3,(H,22,25). The van der Waals surface area contributed by atoms with E-state index in [-0.39, 0.29) is 12.1 Å². The summed E-state index contributed by atoms with van der Waals surface area (Å²) in [5.74, 6) is 1.53. The highest BCUT2D eigenvalue weighted by Gasteiger charge is 2.22. The second kappa shape index (κ2) is 8.66. The molecule has 0 saturated carbocycles. The number of anilines is 2. The summed E-state index contributed by atoms with van der Waals surface area (Å²) in [6.45, 7) is 6.83. The van der Waals surface area contributed by atoms with Crippen LogP contribution in [-0.2, 0) is 0 Å². The highest BCUT2D eigenvalue weighted by atomic mass is 16.5. The fourth-order valence-corrected chi connectivity index (χ4v) is 3.10. The summed E-state index contributed by atoms with van der Waals surface area (Å²) in [6, 6.07) is 15.4. The molecule has 1 N–H and O–H groups in total. The van der Waals surface area contributed by atoms with Gasteiger partial charge in [0.25, 0.3) is 0 Å². The van der Waals surface area contributed by atoms with Crippen molar-refractivity contribution in [2.75, 3.05) is 43.5 Å². The smallest absolute Gasteiger partial charge is 0.322 e. The number of ether oxygens (including phenoxy) is 2. The van der Waals surface area contributed by atoms with Gasteiger partial charge in [0.2, 0.25) is 0 Å². The van der Waals surface area contributed by atoms with E-state index in [0.29, 0.717) is 24.5 Å². The van der Waals surface area contributed by atoms with Crippen molar-refractivity contribution in [3.63, 3.8) is 0 Å². The summed E-state index contributed by atoms with van der Waals surface area (Å²) in [7, 11) is 1.67. The van der Waals surface area contributed by atoms with Gasteiger partial charge in [0.15, 0.2) is 0 Å². The first kappa shape index (κ1) is 18.9. The Morgan fingerprint density at radius 3 is 2.48 bits per heavy atom. The molecule has 0 aliphatic carbocycles. The Labute approximate surface area is 160 Å². The molecule has 1 aliphatic rings. The minimum atomic E-state index is -0.0971. The molecule has 2 aromatic carbocycles. The van der Waals surface area contributed by atoms with Crippen molar-refractivity contribution in [1.82, 2.24) is 4.90 Å². The molecule has 0 unspecified atom stereocenters. The number of rotatable bonds is 5. The summed E-state index contributed by atoms with van der Waals surface area (Å²) in [5.41, 5.74) is 1.82. The lowest BCUT2D eigenvalue weighted by Crippen LogP contribution is -2.50. The molecule has 2 aromatic rings. The number of urea groups is 1. The quantitative estimate of drug-likeness (QED) is 0.870. The van der Waals surface area contributed by atoms with Gasteiger partial charge in [0.1, 0.15) is 11.5 Å². The Morgan fingerprint density at radius 2 is 1.78 bits per heavy atom. The van der Waals surface area contributed by atoms with E-state index in [1.165, 1.54) is 0 Å². The number of para-hydroxylation sites is 2. The number of hydrogen-bond acceptors (Lipinski definition) is 4. The van der Waals surface area contributed by atoms with Crippen molar-refractivity contribution in [3.8, 4) is 11.5 Å². The summed E-state index contributed by atoms with van der Waals surface area (Å²) in [5, 5.41) is 2.98. The molecule has 144 valence electrons. The Morgan fingerprint density at radius 1 is 1.04 bits per heavy atom. The molecule has 1 aliphatic heterocycles. The molecule has 3 rings (SSSR count). The molecule has 0 bridgehead atoms. The highest BCUT2D eigenvalue weighted by Crippen LogP contribution is 2.26. The monoisotopic (exact) mass is 369 g/mol. The van der Waals surface area contributed by atoms with Gasteiger partial charge in [-0.2, -0.15) is 0 Å². The third-order valence-electron chi connectivity index (χ3n) is 4.48. The summed E-state index contributed by atoms with van der Waals surface area (Å²) >= 11 is 0. The van der Waals surface area contributed by atoms with Gasteiger partial charge >= 0.3 is 6.03 Å². The van der Waals surface area contributed by atoms with Gasteiger partial charge in [-0.15, -0.1) is 0 Å². The van der Waals surface area contributed by atoms with E-state index in [0.717, 1.165) is 24.5 Å². The molecule has 6 heteroatoms. The Bertz CT molecular complexity index is 771. The molecule has 6 nitrogen and oxygen atoms in total. The number of nitrogens with one attached hydrogen (secondary N) is 1. The summed E-state index contributed by atoms with van der Waals surface area (Å²) < 4.78 is 11.1. The van der Waals surface area contributed by atoms with Gasteiger partial charge in [0, 0.05) is 37.9 Å². The second-order valence-electron chi connectivity index (χ2n) is 6.77. The molecule has 0 radical (unpaired) electrons. The zero-order valence-electron chi connectivity index (χ0n) is 16.1. The fourth-order valence-electron chi connectivity index (χ4n) is 3.10. The number of amides is 2. The van der Waals surface area contributed by atoms with Crippen molar-refractivity contribution in [2.45, 2.75) is 20.0 Å². The van der Waals surface area contributed by atoms with E-state index in [9.17, 15) is 4.79 Å². The van der Waals surface area contributed by atoms with E-state index < -0.39 is 0 Å². The maximum atomic E-state index is 12.7. The highest BCUT2D eigenvalue weighted by molar-refractivity contribution is 5.91. The summed E-state index contributed by atoms with van der Waals surface area (Å²) in [4.78, 5) is 16.8. The Balaban J connectivity index is 1.59. The third kappa shape index (κ3) is 4.84. The molecule has 1 saturated heterocycles. The van der Waals surface area contributed by atoms with E-state index in [1.54, 1.807) is 7.11 Å². The van der Waals surface area contributed by atoms with E-state index in [4.69, 9.17) is 9.47 Å². The molecule has 2 amide bonds. The van der Waals surface area contributed by atoms with E-state index in [2.05, 4.69) is 16.3 Å². The maximum absolute atomic E-state index is 12.7. The van der Waals surface area contributed by atoms with E-state index >= 15 is 0 Å². The zero-order valence-corrected chi connectivity index (χ0v) is 16.1. The molecular formula is C21H27N3O3. The van der Waals surface area contributed by atoms with Crippen molar-refractivity contribution in [3.05, 3.63) is 48.5 Å². The van der Waals surface area contributed by atoms with Gasteiger partial charge in [-0.25, -0.2) is 4.79 Å². The van der Waals surface area contributed by atoms with Crippen LogP contribution in [0.3, 0.4) is 0 Å². The normalized spacial score (nSPS) is 14.2. The average molecular weight is 369 g/mol. The number of carbonyl (C=O) groups is 1. The van der Waals surface area contributed by atoms with Crippen molar-refractivity contribution < 1.29 is 14.3 Å². The van der Waals surface area contributed by atoms with Gasteiger partial charge in [-0.3, -0.25) is 0 Å². The van der Waals surface area contributed by atoms with Gasteiger partial charge in [-0.05, 0) is 38.1 Å². The second-order valence-corrected chi connectivity index (χ2v) is 6.77. The van der Waals surface area contributed by atoms with Crippen LogP contribution in [0.4, 0.5) is 16.2 Å².